The van der Waals surface area contributed by atoms with E-state index in [1.807, 2.05) is 62.4 Å². The van der Waals surface area contributed by atoms with E-state index in [0.29, 0.717) is 24.4 Å². The Morgan fingerprint density at radius 3 is 2.42 bits per heavy atom. The minimum atomic E-state index is -0.470. The number of rotatable bonds is 7. The van der Waals surface area contributed by atoms with E-state index in [9.17, 15) is 4.79 Å². The molecule has 1 heterocycles. The van der Waals surface area contributed by atoms with E-state index in [0.717, 1.165) is 28.9 Å². The summed E-state index contributed by atoms with van der Waals surface area (Å²) >= 11 is 0. The van der Waals surface area contributed by atoms with Crippen LogP contribution in [0.5, 0.6) is 5.75 Å². The molecule has 3 aromatic rings. The molecule has 3 rings (SSSR count). The molecule has 134 valence electrons. The van der Waals surface area contributed by atoms with Crippen LogP contribution in [0.3, 0.4) is 0 Å². The SMILES string of the molecule is Cc1cccc(C)c1OCCCn1cc(C(N)=O)c(-c2ccccc2)n1. The zero-order chi connectivity index (χ0) is 18.5. The Kier molecular flexibility index (Phi) is 5.37. The molecule has 0 aliphatic carbocycles. The number of benzene rings is 2. The quantitative estimate of drug-likeness (QED) is 0.661. The largest absolute Gasteiger partial charge is 0.493 e. The van der Waals surface area contributed by atoms with Crippen LogP contribution in [0, 0.1) is 13.8 Å². The van der Waals surface area contributed by atoms with E-state index in [4.69, 9.17) is 10.5 Å². The number of aromatic nitrogens is 2. The third kappa shape index (κ3) is 3.94. The smallest absolute Gasteiger partial charge is 0.252 e. The van der Waals surface area contributed by atoms with Crippen LogP contribution in [0.25, 0.3) is 11.3 Å². The first-order valence-corrected chi connectivity index (χ1v) is 8.68. The second-order valence-corrected chi connectivity index (χ2v) is 6.31. The number of carbonyl (C=O) groups excluding carboxylic acids is 1. The van der Waals surface area contributed by atoms with Crippen LogP contribution in [0.2, 0.25) is 0 Å². The molecule has 0 aliphatic rings. The first-order valence-electron chi connectivity index (χ1n) is 8.68. The second kappa shape index (κ2) is 7.87. The highest BCUT2D eigenvalue weighted by molar-refractivity contribution is 5.98. The van der Waals surface area contributed by atoms with Crippen molar-refractivity contribution in [3.8, 4) is 17.0 Å². The number of primary amides is 1. The highest BCUT2D eigenvalue weighted by Gasteiger charge is 2.15. The van der Waals surface area contributed by atoms with Crippen molar-refractivity contribution in [3.05, 3.63) is 71.4 Å². The maximum atomic E-state index is 11.7. The lowest BCUT2D eigenvalue weighted by atomic mass is 10.1. The Labute approximate surface area is 153 Å². The van der Waals surface area contributed by atoms with Gasteiger partial charge in [0.2, 0.25) is 0 Å². The minimum Gasteiger partial charge on any atom is -0.493 e. The predicted molar refractivity (Wildman–Crippen MR) is 102 cm³/mol. The molecule has 0 bridgehead atoms. The molecule has 0 radical (unpaired) electrons. The summed E-state index contributed by atoms with van der Waals surface area (Å²) in [6, 6.07) is 15.7. The summed E-state index contributed by atoms with van der Waals surface area (Å²) < 4.78 is 7.69. The summed E-state index contributed by atoms with van der Waals surface area (Å²) in [5, 5.41) is 4.54. The minimum absolute atomic E-state index is 0.437. The molecule has 0 spiro atoms. The summed E-state index contributed by atoms with van der Waals surface area (Å²) in [4.78, 5) is 11.7. The van der Waals surface area contributed by atoms with Crippen LogP contribution in [-0.4, -0.2) is 22.3 Å². The standard InChI is InChI=1S/C21H23N3O2/c1-15-8-6-9-16(2)20(15)26-13-7-12-24-14-18(21(22)25)19(23-24)17-10-4-3-5-11-17/h3-6,8-11,14H,7,12-13H2,1-2H3,(H2,22,25). The van der Waals surface area contributed by atoms with E-state index in [-0.39, 0.29) is 0 Å². The summed E-state index contributed by atoms with van der Waals surface area (Å²) in [5.41, 5.74) is 9.71. The Morgan fingerprint density at radius 1 is 1.08 bits per heavy atom. The molecular formula is C21H23N3O2. The monoisotopic (exact) mass is 349 g/mol. The van der Waals surface area contributed by atoms with Gasteiger partial charge in [-0.2, -0.15) is 5.10 Å². The molecule has 0 saturated carbocycles. The number of ether oxygens (including phenoxy) is 1. The van der Waals surface area contributed by atoms with Gasteiger partial charge in [-0.05, 0) is 25.0 Å². The Hall–Kier alpha value is -3.08. The summed E-state index contributed by atoms with van der Waals surface area (Å²) in [7, 11) is 0. The highest BCUT2D eigenvalue weighted by Crippen LogP contribution is 2.23. The van der Waals surface area contributed by atoms with Gasteiger partial charge in [0.15, 0.2) is 0 Å². The van der Waals surface area contributed by atoms with E-state index in [1.165, 1.54) is 0 Å². The number of para-hydroxylation sites is 1. The molecule has 5 nitrogen and oxygen atoms in total. The fourth-order valence-corrected chi connectivity index (χ4v) is 2.95. The molecular weight excluding hydrogens is 326 g/mol. The lowest BCUT2D eigenvalue weighted by Crippen LogP contribution is -2.11. The molecule has 0 aliphatic heterocycles. The van der Waals surface area contributed by atoms with Crippen molar-refractivity contribution in [2.24, 2.45) is 5.73 Å². The van der Waals surface area contributed by atoms with Crippen LogP contribution in [0.1, 0.15) is 27.9 Å². The van der Waals surface area contributed by atoms with Crippen LogP contribution in [0.15, 0.2) is 54.7 Å². The van der Waals surface area contributed by atoms with Gasteiger partial charge in [0, 0.05) is 24.7 Å². The van der Waals surface area contributed by atoms with Gasteiger partial charge in [-0.15, -0.1) is 0 Å². The summed E-state index contributed by atoms with van der Waals surface area (Å²) in [6.07, 6.45) is 2.49. The molecule has 2 aromatic carbocycles. The van der Waals surface area contributed by atoms with Gasteiger partial charge in [-0.25, -0.2) is 0 Å². The van der Waals surface area contributed by atoms with Crippen molar-refractivity contribution in [1.82, 2.24) is 9.78 Å². The highest BCUT2D eigenvalue weighted by atomic mass is 16.5. The Morgan fingerprint density at radius 2 is 1.77 bits per heavy atom. The van der Waals surface area contributed by atoms with Crippen molar-refractivity contribution in [2.75, 3.05) is 6.61 Å². The maximum Gasteiger partial charge on any atom is 0.252 e. The lowest BCUT2D eigenvalue weighted by molar-refractivity contribution is 0.100. The number of nitrogens with zero attached hydrogens (tertiary/aromatic N) is 2. The Balaban J connectivity index is 1.66. The third-order valence-electron chi connectivity index (χ3n) is 4.26. The number of amides is 1. The van der Waals surface area contributed by atoms with Gasteiger partial charge in [-0.3, -0.25) is 9.48 Å². The first-order chi connectivity index (χ1) is 12.6. The molecule has 0 fully saturated rings. The third-order valence-corrected chi connectivity index (χ3v) is 4.26. The van der Waals surface area contributed by atoms with Gasteiger partial charge in [0.25, 0.3) is 5.91 Å². The molecule has 1 amide bonds. The van der Waals surface area contributed by atoms with Crippen molar-refractivity contribution in [3.63, 3.8) is 0 Å². The first kappa shape index (κ1) is 17.7. The van der Waals surface area contributed by atoms with Crippen molar-refractivity contribution in [2.45, 2.75) is 26.8 Å². The number of nitrogens with two attached hydrogens (primary N) is 1. The number of aryl methyl sites for hydroxylation is 3. The summed E-state index contributed by atoms with van der Waals surface area (Å²) in [6.45, 7) is 5.32. The second-order valence-electron chi connectivity index (χ2n) is 6.31. The molecule has 0 unspecified atom stereocenters. The maximum absolute atomic E-state index is 11.7. The van der Waals surface area contributed by atoms with Crippen molar-refractivity contribution in [1.29, 1.82) is 0 Å². The molecule has 0 atom stereocenters. The number of hydrogen-bond donors (Lipinski definition) is 1. The molecule has 1 aromatic heterocycles. The lowest BCUT2D eigenvalue weighted by Gasteiger charge is -2.11. The molecule has 26 heavy (non-hydrogen) atoms. The molecule has 0 saturated heterocycles. The van der Waals surface area contributed by atoms with Crippen molar-refractivity contribution < 1.29 is 9.53 Å². The van der Waals surface area contributed by atoms with Crippen molar-refractivity contribution >= 4 is 5.91 Å². The predicted octanol–water partition coefficient (Wildman–Crippen LogP) is 3.73. The van der Waals surface area contributed by atoms with E-state index >= 15 is 0 Å². The normalized spacial score (nSPS) is 10.7. The van der Waals surface area contributed by atoms with E-state index < -0.39 is 5.91 Å². The van der Waals surface area contributed by atoms with Gasteiger partial charge in [0.1, 0.15) is 11.4 Å². The number of hydrogen-bond acceptors (Lipinski definition) is 3. The average Bonchev–Trinajstić information content (AvgIpc) is 3.06. The van der Waals surface area contributed by atoms with Crippen LogP contribution < -0.4 is 10.5 Å². The molecule has 5 heteroatoms. The van der Waals surface area contributed by atoms with Gasteiger partial charge in [-0.1, -0.05) is 48.5 Å². The zero-order valence-electron chi connectivity index (χ0n) is 15.1. The van der Waals surface area contributed by atoms with Gasteiger partial charge in [0.05, 0.1) is 12.2 Å². The zero-order valence-corrected chi connectivity index (χ0v) is 15.1. The van der Waals surface area contributed by atoms with Gasteiger partial charge < -0.3 is 10.5 Å². The Bertz CT molecular complexity index is 881. The topological polar surface area (TPSA) is 70.1 Å². The van der Waals surface area contributed by atoms with E-state index in [2.05, 4.69) is 5.10 Å². The van der Waals surface area contributed by atoms with Crippen LogP contribution >= 0.6 is 0 Å². The molecule has 2 N–H and O–H groups in total. The number of carbonyl (C=O) groups is 1. The fourth-order valence-electron chi connectivity index (χ4n) is 2.95. The van der Waals surface area contributed by atoms with E-state index in [1.54, 1.807) is 10.9 Å². The average molecular weight is 349 g/mol. The summed E-state index contributed by atoms with van der Waals surface area (Å²) in [5.74, 6) is 0.470. The fraction of sp³-hybridized carbons (Fsp3) is 0.238. The van der Waals surface area contributed by atoms with Crippen LogP contribution in [-0.2, 0) is 6.54 Å². The van der Waals surface area contributed by atoms with Gasteiger partial charge >= 0.3 is 0 Å². The van der Waals surface area contributed by atoms with Crippen LogP contribution in [0.4, 0.5) is 0 Å².